The van der Waals surface area contributed by atoms with E-state index in [9.17, 15) is 0 Å². The van der Waals surface area contributed by atoms with Gasteiger partial charge in [0.05, 0.1) is 0 Å². The average Bonchev–Trinajstić information content (AvgIpc) is 2.32. The summed E-state index contributed by atoms with van der Waals surface area (Å²) in [4.78, 5) is 5.05. The third-order valence-electron chi connectivity index (χ3n) is 5.20. The molecule has 0 aromatic heterocycles. The molecule has 0 aromatic rings. The first-order chi connectivity index (χ1) is 8.39. The number of piperidine rings is 1. The van der Waals surface area contributed by atoms with E-state index in [2.05, 4.69) is 37.7 Å². The SMILES string of the molecule is CN1CCC(N(C)C2CC(C)(C)CCC2N)CC1. The Labute approximate surface area is 113 Å². The van der Waals surface area contributed by atoms with Crippen LogP contribution in [0.1, 0.15) is 46.0 Å². The second-order valence-electron chi connectivity index (χ2n) is 7.34. The number of nitrogens with two attached hydrogens (primary N) is 1. The van der Waals surface area contributed by atoms with Gasteiger partial charge in [-0.3, -0.25) is 4.90 Å². The molecular weight excluding hydrogens is 222 g/mol. The van der Waals surface area contributed by atoms with Crippen molar-refractivity contribution in [3.63, 3.8) is 0 Å². The maximum atomic E-state index is 6.38. The molecule has 0 aromatic carbocycles. The lowest BCUT2D eigenvalue weighted by Gasteiger charge is -2.47. The molecule has 18 heavy (non-hydrogen) atoms. The molecule has 106 valence electrons. The van der Waals surface area contributed by atoms with Crippen molar-refractivity contribution in [2.45, 2.75) is 64.1 Å². The molecule has 0 amide bonds. The van der Waals surface area contributed by atoms with Gasteiger partial charge >= 0.3 is 0 Å². The molecule has 0 spiro atoms. The van der Waals surface area contributed by atoms with Crippen molar-refractivity contribution < 1.29 is 0 Å². The molecule has 1 aliphatic heterocycles. The molecule has 2 fully saturated rings. The highest BCUT2D eigenvalue weighted by Gasteiger charge is 2.37. The van der Waals surface area contributed by atoms with Crippen LogP contribution >= 0.6 is 0 Å². The van der Waals surface area contributed by atoms with E-state index in [0.717, 1.165) is 6.04 Å². The molecule has 1 aliphatic carbocycles. The van der Waals surface area contributed by atoms with Crippen LogP contribution in [0.15, 0.2) is 0 Å². The van der Waals surface area contributed by atoms with Crippen LogP contribution in [0.25, 0.3) is 0 Å². The van der Waals surface area contributed by atoms with Gasteiger partial charge in [-0.2, -0.15) is 0 Å². The number of likely N-dealkylation sites (tertiary alicyclic amines) is 1. The Hall–Kier alpha value is -0.120. The van der Waals surface area contributed by atoms with Gasteiger partial charge in [-0.25, -0.2) is 0 Å². The Kier molecular flexibility index (Phi) is 4.35. The van der Waals surface area contributed by atoms with E-state index in [1.54, 1.807) is 0 Å². The van der Waals surface area contributed by atoms with Crippen molar-refractivity contribution in [1.82, 2.24) is 9.80 Å². The summed E-state index contributed by atoms with van der Waals surface area (Å²) < 4.78 is 0. The van der Waals surface area contributed by atoms with Crippen molar-refractivity contribution >= 4 is 0 Å². The van der Waals surface area contributed by atoms with E-state index < -0.39 is 0 Å². The van der Waals surface area contributed by atoms with Gasteiger partial charge in [0.1, 0.15) is 0 Å². The zero-order valence-corrected chi connectivity index (χ0v) is 12.7. The smallest absolute Gasteiger partial charge is 0.0252 e. The first kappa shape index (κ1) is 14.3. The second-order valence-corrected chi connectivity index (χ2v) is 7.34. The fourth-order valence-corrected chi connectivity index (χ4v) is 3.69. The van der Waals surface area contributed by atoms with Crippen LogP contribution in [0.5, 0.6) is 0 Å². The van der Waals surface area contributed by atoms with Crippen LogP contribution in [0.3, 0.4) is 0 Å². The predicted octanol–water partition coefficient (Wildman–Crippen LogP) is 1.92. The molecule has 2 aliphatic rings. The maximum absolute atomic E-state index is 6.38. The number of rotatable bonds is 2. The number of hydrogen-bond donors (Lipinski definition) is 1. The molecule has 1 saturated carbocycles. The molecule has 1 saturated heterocycles. The van der Waals surface area contributed by atoms with E-state index in [-0.39, 0.29) is 0 Å². The Morgan fingerprint density at radius 2 is 1.78 bits per heavy atom. The lowest BCUT2D eigenvalue weighted by molar-refractivity contribution is 0.0434. The van der Waals surface area contributed by atoms with E-state index in [4.69, 9.17) is 5.73 Å². The zero-order chi connectivity index (χ0) is 13.3. The highest BCUT2D eigenvalue weighted by molar-refractivity contribution is 4.94. The van der Waals surface area contributed by atoms with Gasteiger partial charge < -0.3 is 10.6 Å². The third kappa shape index (κ3) is 3.25. The van der Waals surface area contributed by atoms with Crippen molar-refractivity contribution in [2.75, 3.05) is 27.2 Å². The number of nitrogens with zero attached hydrogens (tertiary/aromatic N) is 2. The fraction of sp³-hybridized carbons (Fsp3) is 1.00. The minimum Gasteiger partial charge on any atom is -0.326 e. The summed E-state index contributed by atoms with van der Waals surface area (Å²) >= 11 is 0. The van der Waals surface area contributed by atoms with Crippen molar-refractivity contribution in [3.05, 3.63) is 0 Å². The third-order valence-corrected chi connectivity index (χ3v) is 5.20. The summed E-state index contributed by atoms with van der Waals surface area (Å²) in [6.45, 7) is 7.27. The molecule has 3 heteroatoms. The highest BCUT2D eigenvalue weighted by Crippen LogP contribution is 2.37. The monoisotopic (exact) mass is 253 g/mol. The standard InChI is InChI=1S/C15H31N3/c1-15(2)8-5-13(16)14(11-15)18(4)12-6-9-17(3)10-7-12/h12-14H,5-11,16H2,1-4H3. The first-order valence-corrected chi connectivity index (χ1v) is 7.55. The normalized spacial score (nSPS) is 35.0. The predicted molar refractivity (Wildman–Crippen MR) is 77.7 cm³/mol. The van der Waals surface area contributed by atoms with Crippen LogP contribution in [-0.2, 0) is 0 Å². The summed E-state index contributed by atoms with van der Waals surface area (Å²) in [5.41, 5.74) is 6.86. The summed E-state index contributed by atoms with van der Waals surface area (Å²) in [5.74, 6) is 0. The molecule has 2 unspecified atom stereocenters. The Bertz CT molecular complexity index is 269. The van der Waals surface area contributed by atoms with Gasteiger partial charge in [0.15, 0.2) is 0 Å². The topological polar surface area (TPSA) is 32.5 Å². The maximum Gasteiger partial charge on any atom is 0.0252 e. The van der Waals surface area contributed by atoms with Crippen LogP contribution in [0.4, 0.5) is 0 Å². The molecule has 2 N–H and O–H groups in total. The van der Waals surface area contributed by atoms with Gasteiger partial charge in [0.25, 0.3) is 0 Å². The van der Waals surface area contributed by atoms with E-state index in [1.165, 1.54) is 45.2 Å². The number of likely N-dealkylation sites (N-methyl/N-ethyl adjacent to an activating group) is 1. The van der Waals surface area contributed by atoms with Crippen molar-refractivity contribution in [1.29, 1.82) is 0 Å². The largest absolute Gasteiger partial charge is 0.326 e. The van der Waals surface area contributed by atoms with Crippen molar-refractivity contribution in [2.24, 2.45) is 11.1 Å². The minimum atomic E-state index is 0.377. The molecule has 0 bridgehead atoms. The lowest BCUT2D eigenvalue weighted by atomic mass is 9.72. The van der Waals surface area contributed by atoms with Gasteiger partial charge in [-0.05, 0) is 64.7 Å². The van der Waals surface area contributed by atoms with Gasteiger partial charge in [-0.1, -0.05) is 13.8 Å². The van der Waals surface area contributed by atoms with E-state index in [0.29, 0.717) is 17.5 Å². The second kappa shape index (κ2) is 5.48. The molecule has 2 atom stereocenters. The van der Waals surface area contributed by atoms with Gasteiger partial charge in [0.2, 0.25) is 0 Å². The average molecular weight is 253 g/mol. The zero-order valence-electron chi connectivity index (χ0n) is 12.7. The Balaban J connectivity index is 1.96. The summed E-state index contributed by atoms with van der Waals surface area (Å²) in [6.07, 6.45) is 6.34. The van der Waals surface area contributed by atoms with E-state index in [1.807, 2.05) is 0 Å². The molecule has 2 rings (SSSR count). The van der Waals surface area contributed by atoms with Crippen LogP contribution in [0, 0.1) is 5.41 Å². The van der Waals surface area contributed by atoms with Gasteiger partial charge in [-0.15, -0.1) is 0 Å². The molecule has 0 radical (unpaired) electrons. The van der Waals surface area contributed by atoms with E-state index >= 15 is 0 Å². The summed E-state index contributed by atoms with van der Waals surface area (Å²) in [5, 5.41) is 0. The Morgan fingerprint density at radius 3 is 2.39 bits per heavy atom. The summed E-state index contributed by atoms with van der Waals surface area (Å²) in [7, 11) is 4.54. The molecule has 3 nitrogen and oxygen atoms in total. The minimum absolute atomic E-state index is 0.377. The highest BCUT2D eigenvalue weighted by atomic mass is 15.2. The lowest BCUT2D eigenvalue weighted by Crippen LogP contribution is -2.56. The Morgan fingerprint density at radius 1 is 1.17 bits per heavy atom. The number of hydrogen-bond acceptors (Lipinski definition) is 3. The van der Waals surface area contributed by atoms with Crippen LogP contribution < -0.4 is 5.73 Å². The van der Waals surface area contributed by atoms with Crippen LogP contribution in [0.2, 0.25) is 0 Å². The molecule has 1 heterocycles. The van der Waals surface area contributed by atoms with Crippen molar-refractivity contribution in [3.8, 4) is 0 Å². The fourth-order valence-electron chi connectivity index (χ4n) is 3.69. The van der Waals surface area contributed by atoms with Crippen LogP contribution in [-0.4, -0.2) is 55.1 Å². The quantitative estimate of drug-likeness (QED) is 0.816. The first-order valence-electron chi connectivity index (χ1n) is 7.55. The van der Waals surface area contributed by atoms with Gasteiger partial charge in [0, 0.05) is 18.1 Å². The summed E-state index contributed by atoms with van der Waals surface area (Å²) in [6, 6.07) is 1.70. The molecular formula is C15H31N3.